The smallest absolute Gasteiger partial charge is 0.288 e. The lowest BCUT2D eigenvalue weighted by atomic mass is 10.1. The van der Waals surface area contributed by atoms with E-state index in [0.717, 1.165) is 0 Å². The summed E-state index contributed by atoms with van der Waals surface area (Å²) < 4.78 is 37.6. The van der Waals surface area contributed by atoms with Gasteiger partial charge in [-0.1, -0.05) is 0 Å². The average molecular weight is 379 g/mol. The van der Waals surface area contributed by atoms with Crippen molar-refractivity contribution in [2.75, 3.05) is 0 Å². The van der Waals surface area contributed by atoms with Gasteiger partial charge < -0.3 is 0 Å². The maximum absolute atomic E-state index is 13.3. The molecule has 0 aromatic heterocycles. The van der Waals surface area contributed by atoms with Crippen molar-refractivity contribution < 1.29 is 18.0 Å². The summed E-state index contributed by atoms with van der Waals surface area (Å²) in [6, 6.07) is 2.75. The zero-order chi connectivity index (χ0) is 10.9. The molecular weight excluding hydrogens is 376 g/mol. The Labute approximate surface area is 99.9 Å². The maximum Gasteiger partial charge on any atom is 0.300 e. The van der Waals surface area contributed by atoms with E-state index in [0.29, 0.717) is 0 Å². The minimum Gasteiger partial charge on any atom is -0.288 e. The summed E-state index contributed by atoms with van der Waals surface area (Å²) in [5.41, 5.74) is -0.591. The number of halogens is 5. The highest BCUT2D eigenvalue weighted by molar-refractivity contribution is 14.1. The second-order valence-corrected chi connectivity index (χ2v) is 4.40. The molecule has 0 amide bonds. The third kappa shape index (κ3) is 2.28. The molecule has 6 heteroatoms. The highest BCUT2D eigenvalue weighted by atomic mass is 127. The number of benzene rings is 1. The van der Waals surface area contributed by atoms with Gasteiger partial charge >= 0.3 is 6.43 Å². The van der Waals surface area contributed by atoms with Crippen molar-refractivity contribution in [2.45, 2.75) is 6.43 Å². The summed E-state index contributed by atoms with van der Waals surface area (Å²) in [5, 5.41) is 0. The van der Waals surface area contributed by atoms with Crippen LogP contribution in [-0.4, -0.2) is 12.2 Å². The fourth-order valence-electron chi connectivity index (χ4n) is 0.862. The lowest BCUT2D eigenvalue weighted by Crippen LogP contribution is -2.13. The molecule has 0 aliphatic carbocycles. The molecule has 0 radical (unpaired) electrons. The van der Waals surface area contributed by atoms with E-state index in [1.807, 2.05) is 0 Å². The van der Waals surface area contributed by atoms with E-state index in [1.165, 1.54) is 12.1 Å². The number of carbonyl (C=O) groups is 1. The number of alkyl halides is 2. The largest absolute Gasteiger partial charge is 0.300 e. The first-order valence-corrected chi connectivity index (χ1v) is 5.28. The summed E-state index contributed by atoms with van der Waals surface area (Å²) in [6.45, 7) is 0. The Morgan fingerprint density at radius 2 is 2.00 bits per heavy atom. The number of ketones is 1. The van der Waals surface area contributed by atoms with Gasteiger partial charge in [-0.3, -0.25) is 4.79 Å². The van der Waals surface area contributed by atoms with Crippen LogP contribution < -0.4 is 0 Å². The molecule has 0 fully saturated rings. The van der Waals surface area contributed by atoms with Gasteiger partial charge in [-0.05, 0) is 50.7 Å². The molecule has 1 rings (SSSR count). The van der Waals surface area contributed by atoms with Crippen LogP contribution >= 0.6 is 38.5 Å². The van der Waals surface area contributed by atoms with E-state index < -0.39 is 23.6 Å². The van der Waals surface area contributed by atoms with Gasteiger partial charge in [0.05, 0.1) is 5.56 Å². The first-order chi connectivity index (χ1) is 6.45. The van der Waals surface area contributed by atoms with Gasteiger partial charge in [0.25, 0.3) is 0 Å². The Bertz CT molecular complexity index is 381. The fraction of sp³-hybridized carbons (Fsp3) is 0.125. The van der Waals surface area contributed by atoms with Crippen molar-refractivity contribution >= 4 is 44.3 Å². The molecular formula is C8H3BrF3IO. The molecule has 0 unspecified atom stereocenters. The van der Waals surface area contributed by atoms with Crippen molar-refractivity contribution in [1.29, 1.82) is 0 Å². The molecule has 0 spiro atoms. The van der Waals surface area contributed by atoms with Gasteiger partial charge in [0.2, 0.25) is 5.78 Å². The van der Waals surface area contributed by atoms with Gasteiger partial charge in [-0.25, -0.2) is 13.2 Å². The quantitative estimate of drug-likeness (QED) is 0.436. The van der Waals surface area contributed by atoms with Crippen molar-refractivity contribution in [3.8, 4) is 0 Å². The van der Waals surface area contributed by atoms with Crippen LogP contribution in [0.25, 0.3) is 0 Å². The van der Waals surface area contributed by atoms with E-state index in [2.05, 4.69) is 15.9 Å². The lowest BCUT2D eigenvalue weighted by Gasteiger charge is -2.05. The third-order valence-electron chi connectivity index (χ3n) is 1.49. The standard InChI is InChI=1S/C8H3BrF3IO/c9-3-1-2-4(13)6(10)5(3)7(14)8(11)12/h1-2,8H. The molecule has 0 saturated carbocycles. The number of hydrogen-bond donors (Lipinski definition) is 0. The predicted octanol–water partition coefficient (Wildman–Crippen LogP) is 3.64. The second-order valence-electron chi connectivity index (χ2n) is 2.38. The molecule has 0 heterocycles. The average Bonchev–Trinajstić information content (AvgIpc) is 2.12. The zero-order valence-electron chi connectivity index (χ0n) is 6.53. The van der Waals surface area contributed by atoms with Crippen LogP contribution in [0.3, 0.4) is 0 Å². The SMILES string of the molecule is O=C(c1c(Br)ccc(I)c1F)C(F)F. The summed E-state index contributed by atoms with van der Waals surface area (Å²) in [6.07, 6.45) is -3.20. The van der Waals surface area contributed by atoms with Crippen molar-refractivity contribution in [1.82, 2.24) is 0 Å². The zero-order valence-corrected chi connectivity index (χ0v) is 10.3. The van der Waals surface area contributed by atoms with Crippen LogP contribution in [0.1, 0.15) is 10.4 Å². The Kier molecular flexibility index (Phi) is 3.94. The molecule has 76 valence electrons. The normalized spacial score (nSPS) is 10.7. The number of Topliss-reactive ketones (excluding diaryl/α,β-unsaturated/α-hetero) is 1. The van der Waals surface area contributed by atoms with Crippen LogP contribution in [0.5, 0.6) is 0 Å². The Balaban J connectivity index is 3.33. The highest BCUT2D eigenvalue weighted by Gasteiger charge is 2.25. The number of rotatable bonds is 2. The minimum atomic E-state index is -3.20. The Morgan fingerprint density at radius 3 is 2.50 bits per heavy atom. The van der Waals surface area contributed by atoms with E-state index >= 15 is 0 Å². The first kappa shape index (κ1) is 12.0. The van der Waals surface area contributed by atoms with Crippen LogP contribution in [0.2, 0.25) is 0 Å². The van der Waals surface area contributed by atoms with E-state index in [1.54, 1.807) is 22.6 Å². The topological polar surface area (TPSA) is 17.1 Å². The fourth-order valence-corrected chi connectivity index (χ4v) is 1.81. The molecule has 1 aromatic rings. The van der Waals surface area contributed by atoms with Gasteiger partial charge in [0, 0.05) is 8.04 Å². The number of hydrogen-bond acceptors (Lipinski definition) is 1. The van der Waals surface area contributed by atoms with Gasteiger partial charge in [-0.2, -0.15) is 0 Å². The van der Waals surface area contributed by atoms with Crippen molar-refractivity contribution in [3.63, 3.8) is 0 Å². The first-order valence-electron chi connectivity index (χ1n) is 3.41. The molecule has 0 aliphatic rings. The monoisotopic (exact) mass is 378 g/mol. The minimum absolute atomic E-state index is 0.0423. The summed E-state index contributed by atoms with van der Waals surface area (Å²) in [7, 11) is 0. The second kappa shape index (κ2) is 4.61. The van der Waals surface area contributed by atoms with Gasteiger partial charge in [0.15, 0.2) is 0 Å². The van der Waals surface area contributed by atoms with Crippen molar-refractivity contribution in [3.05, 3.63) is 31.6 Å². The van der Waals surface area contributed by atoms with Crippen LogP contribution in [0, 0.1) is 9.39 Å². The Morgan fingerprint density at radius 1 is 1.43 bits per heavy atom. The molecule has 0 saturated heterocycles. The number of carbonyl (C=O) groups excluding carboxylic acids is 1. The molecule has 1 nitrogen and oxygen atoms in total. The van der Waals surface area contributed by atoms with Crippen LogP contribution in [0.15, 0.2) is 16.6 Å². The van der Waals surface area contributed by atoms with Crippen molar-refractivity contribution in [2.24, 2.45) is 0 Å². The van der Waals surface area contributed by atoms with Gasteiger partial charge in [0.1, 0.15) is 5.82 Å². The molecule has 0 N–H and O–H groups in total. The maximum atomic E-state index is 13.3. The molecule has 14 heavy (non-hydrogen) atoms. The van der Waals surface area contributed by atoms with E-state index in [-0.39, 0.29) is 8.04 Å². The summed E-state index contributed by atoms with van der Waals surface area (Å²) in [5.74, 6) is -2.42. The Hall–Kier alpha value is -0.110. The summed E-state index contributed by atoms with van der Waals surface area (Å²) in [4.78, 5) is 10.9. The summed E-state index contributed by atoms with van der Waals surface area (Å²) >= 11 is 4.48. The predicted molar refractivity (Wildman–Crippen MR) is 57.2 cm³/mol. The molecule has 0 aliphatic heterocycles. The lowest BCUT2D eigenvalue weighted by molar-refractivity contribution is 0.0673. The molecule has 1 aromatic carbocycles. The third-order valence-corrected chi connectivity index (χ3v) is 2.98. The van der Waals surface area contributed by atoms with E-state index in [9.17, 15) is 18.0 Å². The van der Waals surface area contributed by atoms with Crippen LogP contribution in [-0.2, 0) is 0 Å². The molecule has 0 atom stereocenters. The van der Waals surface area contributed by atoms with Crippen LogP contribution in [0.4, 0.5) is 13.2 Å². The van der Waals surface area contributed by atoms with E-state index in [4.69, 9.17) is 0 Å². The highest BCUT2D eigenvalue weighted by Crippen LogP contribution is 2.25. The molecule has 0 bridgehead atoms. The van der Waals surface area contributed by atoms with Gasteiger partial charge in [-0.15, -0.1) is 0 Å².